The van der Waals surface area contributed by atoms with Crippen LogP contribution in [0, 0.1) is 5.41 Å². The fourth-order valence-electron chi connectivity index (χ4n) is 0.987. The Bertz CT molecular complexity index is 307. The molecule has 3 N–H and O–H groups in total. The van der Waals surface area contributed by atoms with Crippen LogP contribution in [-0.2, 0) is 0 Å². The minimum absolute atomic E-state index is 0.450. The second-order valence-corrected chi connectivity index (χ2v) is 2.58. The van der Waals surface area contributed by atoms with Gasteiger partial charge in [-0.2, -0.15) is 0 Å². The van der Waals surface area contributed by atoms with Crippen molar-refractivity contribution in [3.63, 3.8) is 0 Å². The van der Waals surface area contributed by atoms with Gasteiger partial charge in [0.05, 0.1) is 7.11 Å². The SMILES string of the molecule is COc1ccc(N)c(C(C)=N)c1. The molecule has 0 aromatic heterocycles. The van der Waals surface area contributed by atoms with Gasteiger partial charge in [-0.05, 0) is 25.1 Å². The molecule has 0 heterocycles. The van der Waals surface area contributed by atoms with Crippen molar-refractivity contribution in [2.75, 3.05) is 12.8 Å². The lowest BCUT2D eigenvalue weighted by Crippen LogP contribution is -1.99. The maximum Gasteiger partial charge on any atom is 0.119 e. The number of nitrogens with one attached hydrogen (secondary N) is 1. The zero-order valence-electron chi connectivity index (χ0n) is 7.22. The van der Waals surface area contributed by atoms with Crippen molar-refractivity contribution in [1.82, 2.24) is 0 Å². The Balaban J connectivity index is 3.17. The summed E-state index contributed by atoms with van der Waals surface area (Å²) < 4.78 is 5.01. The molecule has 0 aliphatic carbocycles. The van der Waals surface area contributed by atoms with E-state index < -0.39 is 0 Å². The van der Waals surface area contributed by atoms with Gasteiger partial charge in [-0.3, -0.25) is 0 Å². The molecule has 0 amide bonds. The van der Waals surface area contributed by atoms with Gasteiger partial charge < -0.3 is 15.9 Å². The third-order valence-corrected chi connectivity index (χ3v) is 1.66. The molecule has 3 nitrogen and oxygen atoms in total. The quantitative estimate of drug-likeness (QED) is 0.516. The summed E-state index contributed by atoms with van der Waals surface area (Å²) in [6.07, 6.45) is 0. The van der Waals surface area contributed by atoms with Crippen LogP contribution in [0.15, 0.2) is 18.2 Å². The minimum Gasteiger partial charge on any atom is -0.497 e. The van der Waals surface area contributed by atoms with Gasteiger partial charge in [-0.1, -0.05) is 0 Å². The first-order valence-corrected chi connectivity index (χ1v) is 3.64. The van der Waals surface area contributed by atoms with Crippen molar-refractivity contribution in [3.8, 4) is 5.75 Å². The van der Waals surface area contributed by atoms with Gasteiger partial charge in [-0.15, -0.1) is 0 Å². The fourth-order valence-corrected chi connectivity index (χ4v) is 0.987. The number of benzene rings is 1. The molecule has 1 aromatic rings. The highest BCUT2D eigenvalue weighted by Gasteiger charge is 2.02. The van der Waals surface area contributed by atoms with Gasteiger partial charge >= 0.3 is 0 Å². The van der Waals surface area contributed by atoms with E-state index in [1.165, 1.54) is 0 Å². The highest BCUT2D eigenvalue weighted by molar-refractivity contribution is 6.01. The maximum atomic E-state index is 7.41. The molecule has 0 atom stereocenters. The molecular formula is C9H12N2O. The molecule has 0 aliphatic rings. The lowest BCUT2D eigenvalue weighted by atomic mass is 10.1. The predicted octanol–water partition coefficient (Wildman–Crippen LogP) is 1.67. The average Bonchev–Trinajstić information content (AvgIpc) is 2.05. The van der Waals surface area contributed by atoms with Crippen molar-refractivity contribution in [3.05, 3.63) is 23.8 Å². The Morgan fingerprint density at radius 1 is 1.50 bits per heavy atom. The van der Waals surface area contributed by atoms with Crippen LogP contribution in [0.25, 0.3) is 0 Å². The molecule has 0 bridgehead atoms. The van der Waals surface area contributed by atoms with Gasteiger partial charge in [0.2, 0.25) is 0 Å². The summed E-state index contributed by atoms with van der Waals surface area (Å²) in [7, 11) is 1.59. The van der Waals surface area contributed by atoms with E-state index in [0.717, 1.165) is 11.3 Å². The van der Waals surface area contributed by atoms with Crippen molar-refractivity contribution >= 4 is 11.4 Å². The summed E-state index contributed by atoms with van der Waals surface area (Å²) in [6.45, 7) is 1.70. The first kappa shape index (κ1) is 8.59. The van der Waals surface area contributed by atoms with Crippen molar-refractivity contribution in [1.29, 1.82) is 5.41 Å². The van der Waals surface area contributed by atoms with Crippen LogP contribution >= 0.6 is 0 Å². The highest BCUT2D eigenvalue weighted by Crippen LogP contribution is 2.19. The fraction of sp³-hybridized carbons (Fsp3) is 0.222. The topological polar surface area (TPSA) is 59.1 Å². The molecule has 0 aliphatic heterocycles. The van der Waals surface area contributed by atoms with Crippen LogP contribution in [0.2, 0.25) is 0 Å². The van der Waals surface area contributed by atoms with Crippen molar-refractivity contribution in [2.24, 2.45) is 0 Å². The zero-order valence-corrected chi connectivity index (χ0v) is 7.22. The Morgan fingerprint density at radius 2 is 2.17 bits per heavy atom. The van der Waals surface area contributed by atoms with Crippen LogP contribution in [-0.4, -0.2) is 12.8 Å². The van der Waals surface area contributed by atoms with Gasteiger partial charge in [0.15, 0.2) is 0 Å². The highest BCUT2D eigenvalue weighted by atomic mass is 16.5. The van der Waals surface area contributed by atoms with Gasteiger partial charge in [0.25, 0.3) is 0 Å². The van der Waals surface area contributed by atoms with Crippen molar-refractivity contribution in [2.45, 2.75) is 6.92 Å². The molecule has 0 radical (unpaired) electrons. The van der Waals surface area contributed by atoms with Crippen LogP contribution < -0.4 is 10.5 Å². The number of nitrogen functional groups attached to an aromatic ring is 1. The number of hydrogen-bond acceptors (Lipinski definition) is 3. The third kappa shape index (κ3) is 1.56. The van der Waals surface area contributed by atoms with E-state index in [1.807, 2.05) is 0 Å². The Hall–Kier alpha value is -1.51. The number of rotatable bonds is 2. The number of hydrogen-bond donors (Lipinski definition) is 2. The minimum atomic E-state index is 0.450. The summed E-state index contributed by atoms with van der Waals surface area (Å²) in [4.78, 5) is 0. The van der Waals surface area contributed by atoms with Gasteiger partial charge in [0.1, 0.15) is 5.75 Å². The summed E-state index contributed by atoms with van der Waals surface area (Å²) >= 11 is 0. The van der Waals surface area contributed by atoms with Crippen LogP contribution in [0.4, 0.5) is 5.69 Å². The average molecular weight is 164 g/mol. The first-order valence-electron chi connectivity index (χ1n) is 3.64. The normalized spacial score (nSPS) is 9.50. The molecule has 1 rings (SSSR count). The van der Waals surface area contributed by atoms with Crippen LogP contribution in [0.3, 0.4) is 0 Å². The van der Waals surface area contributed by atoms with E-state index in [4.69, 9.17) is 15.9 Å². The molecular weight excluding hydrogens is 152 g/mol. The molecule has 0 spiro atoms. The largest absolute Gasteiger partial charge is 0.497 e. The summed E-state index contributed by atoms with van der Waals surface area (Å²) in [5, 5.41) is 7.41. The summed E-state index contributed by atoms with van der Waals surface area (Å²) in [5.41, 5.74) is 7.44. The monoisotopic (exact) mass is 164 g/mol. The number of anilines is 1. The second kappa shape index (κ2) is 3.26. The molecule has 12 heavy (non-hydrogen) atoms. The summed E-state index contributed by atoms with van der Waals surface area (Å²) in [5.74, 6) is 0.728. The molecule has 3 heteroatoms. The van der Waals surface area contributed by atoms with E-state index in [1.54, 1.807) is 32.2 Å². The van der Waals surface area contributed by atoms with E-state index in [2.05, 4.69) is 0 Å². The van der Waals surface area contributed by atoms with Crippen LogP contribution in [0.5, 0.6) is 5.75 Å². The third-order valence-electron chi connectivity index (χ3n) is 1.66. The summed E-state index contributed by atoms with van der Waals surface area (Å²) in [6, 6.07) is 5.28. The number of methoxy groups -OCH3 is 1. The molecule has 0 saturated carbocycles. The lowest BCUT2D eigenvalue weighted by molar-refractivity contribution is 0.415. The maximum absolute atomic E-state index is 7.41. The molecule has 0 saturated heterocycles. The number of nitrogens with two attached hydrogens (primary N) is 1. The first-order chi connectivity index (χ1) is 5.65. The molecule has 64 valence electrons. The Labute approximate surface area is 71.7 Å². The smallest absolute Gasteiger partial charge is 0.119 e. The van der Waals surface area contributed by atoms with E-state index in [0.29, 0.717) is 11.4 Å². The van der Waals surface area contributed by atoms with Crippen molar-refractivity contribution < 1.29 is 4.74 Å². The van der Waals surface area contributed by atoms with Crippen LogP contribution in [0.1, 0.15) is 12.5 Å². The predicted molar refractivity (Wildman–Crippen MR) is 49.9 cm³/mol. The second-order valence-electron chi connectivity index (χ2n) is 2.58. The van der Waals surface area contributed by atoms with Gasteiger partial charge in [-0.25, -0.2) is 0 Å². The molecule has 0 unspecified atom stereocenters. The lowest BCUT2D eigenvalue weighted by Gasteiger charge is -2.05. The van der Waals surface area contributed by atoms with E-state index >= 15 is 0 Å². The molecule has 0 fully saturated rings. The molecule has 1 aromatic carbocycles. The van der Waals surface area contributed by atoms with Gasteiger partial charge in [0, 0.05) is 17.0 Å². The zero-order chi connectivity index (χ0) is 9.14. The van der Waals surface area contributed by atoms with E-state index in [9.17, 15) is 0 Å². The van der Waals surface area contributed by atoms with E-state index in [-0.39, 0.29) is 0 Å². The Morgan fingerprint density at radius 3 is 2.67 bits per heavy atom. The Kier molecular flexibility index (Phi) is 2.33. The number of ether oxygens (including phenoxy) is 1. The standard InChI is InChI=1S/C9H12N2O/c1-6(10)8-5-7(12-2)3-4-9(8)11/h3-5,10H,11H2,1-2H3.